The van der Waals surface area contributed by atoms with Crippen LogP contribution >= 0.6 is 11.6 Å². The summed E-state index contributed by atoms with van der Waals surface area (Å²) in [6, 6.07) is 11.2. The fourth-order valence-electron chi connectivity index (χ4n) is 2.45. The molecule has 7 heteroatoms. The van der Waals surface area contributed by atoms with Gasteiger partial charge in [-0.2, -0.15) is 5.10 Å². The summed E-state index contributed by atoms with van der Waals surface area (Å²) in [6.07, 6.45) is 3.00. The largest absolute Gasteiger partial charge is 0.376 e. The Hall–Kier alpha value is -2.86. The van der Waals surface area contributed by atoms with E-state index in [1.165, 1.54) is 11.9 Å². The van der Waals surface area contributed by atoms with Crippen LogP contribution in [-0.2, 0) is 4.79 Å². The standard InChI is InChI=1S/C18H18ClN5O/c1-12-4-3-5-15(13(12)2)21-9-18(25)23-16-8-14(19)6-7-17(16)24-11-20-10-22-24/h3-8,10-11,21H,9H2,1-2H3,(H,23,25). The highest BCUT2D eigenvalue weighted by Crippen LogP contribution is 2.24. The highest BCUT2D eigenvalue weighted by Gasteiger charge is 2.10. The summed E-state index contributed by atoms with van der Waals surface area (Å²) >= 11 is 6.06. The van der Waals surface area contributed by atoms with Gasteiger partial charge in [-0.15, -0.1) is 0 Å². The Morgan fingerprint density at radius 2 is 2.04 bits per heavy atom. The third-order valence-corrected chi connectivity index (χ3v) is 4.18. The lowest BCUT2D eigenvalue weighted by Gasteiger charge is -2.13. The molecule has 6 nitrogen and oxygen atoms in total. The maximum atomic E-state index is 12.4. The molecule has 1 aromatic heterocycles. The smallest absolute Gasteiger partial charge is 0.243 e. The Balaban J connectivity index is 1.73. The normalized spacial score (nSPS) is 10.5. The molecule has 0 spiro atoms. The highest BCUT2D eigenvalue weighted by atomic mass is 35.5. The van der Waals surface area contributed by atoms with Gasteiger partial charge in [-0.25, -0.2) is 9.67 Å². The Bertz CT molecular complexity index is 892. The predicted molar refractivity (Wildman–Crippen MR) is 99.4 cm³/mol. The molecule has 25 heavy (non-hydrogen) atoms. The number of nitrogens with one attached hydrogen (secondary N) is 2. The maximum absolute atomic E-state index is 12.4. The number of hydrogen-bond donors (Lipinski definition) is 2. The number of aromatic nitrogens is 3. The van der Waals surface area contributed by atoms with Gasteiger partial charge in [0.25, 0.3) is 0 Å². The molecule has 0 atom stereocenters. The van der Waals surface area contributed by atoms with Crippen molar-refractivity contribution < 1.29 is 4.79 Å². The number of carbonyl (C=O) groups excluding carboxylic acids is 1. The minimum atomic E-state index is -0.176. The van der Waals surface area contributed by atoms with Crippen molar-refractivity contribution in [1.29, 1.82) is 0 Å². The van der Waals surface area contributed by atoms with Crippen LogP contribution in [0.1, 0.15) is 11.1 Å². The van der Waals surface area contributed by atoms with Crippen molar-refractivity contribution >= 4 is 28.9 Å². The Kier molecular flexibility index (Phi) is 5.00. The van der Waals surface area contributed by atoms with Crippen molar-refractivity contribution in [2.24, 2.45) is 0 Å². The molecule has 1 amide bonds. The summed E-state index contributed by atoms with van der Waals surface area (Å²) in [5.41, 5.74) is 4.51. The van der Waals surface area contributed by atoms with Gasteiger partial charge in [0.15, 0.2) is 0 Å². The molecule has 0 saturated carbocycles. The number of nitrogens with zero attached hydrogens (tertiary/aromatic N) is 3. The molecule has 2 aromatic carbocycles. The van der Waals surface area contributed by atoms with E-state index in [1.807, 2.05) is 32.0 Å². The van der Waals surface area contributed by atoms with E-state index >= 15 is 0 Å². The van der Waals surface area contributed by atoms with Crippen LogP contribution in [0.5, 0.6) is 0 Å². The van der Waals surface area contributed by atoms with Crippen LogP contribution in [0.25, 0.3) is 5.69 Å². The molecule has 2 N–H and O–H groups in total. The van der Waals surface area contributed by atoms with Crippen LogP contribution in [0, 0.1) is 13.8 Å². The molecule has 0 saturated heterocycles. The lowest BCUT2D eigenvalue weighted by Crippen LogP contribution is -2.23. The number of anilines is 2. The van der Waals surface area contributed by atoms with Crippen LogP contribution in [0.4, 0.5) is 11.4 Å². The van der Waals surface area contributed by atoms with E-state index in [9.17, 15) is 4.79 Å². The molecule has 1 heterocycles. The van der Waals surface area contributed by atoms with Crippen molar-refractivity contribution in [3.8, 4) is 5.69 Å². The SMILES string of the molecule is Cc1cccc(NCC(=O)Nc2cc(Cl)ccc2-n2cncn2)c1C. The van der Waals surface area contributed by atoms with Crippen LogP contribution in [0.3, 0.4) is 0 Å². The summed E-state index contributed by atoms with van der Waals surface area (Å²) in [7, 11) is 0. The predicted octanol–water partition coefficient (Wildman–Crippen LogP) is 3.59. The fourth-order valence-corrected chi connectivity index (χ4v) is 2.63. The average Bonchev–Trinajstić information content (AvgIpc) is 3.10. The Morgan fingerprint density at radius 1 is 1.20 bits per heavy atom. The minimum absolute atomic E-state index is 0.146. The molecule has 0 bridgehead atoms. The number of halogens is 1. The first-order valence-corrected chi connectivity index (χ1v) is 8.17. The number of aryl methyl sites for hydroxylation is 1. The van der Waals surface area contributed by atoms with Crippen molar-refractivity contribution in [3.63, 3.8) is 0 Å². The first-order valence-electron chi connectivity index (χ1n) is 7.79. The van der Waals surface area contributed by atoms with Gasteiger partial charge in [0.1, 0.15) is 12.7 Å². The molecule has 3 rings (SSSR count). The molecule has 128 valence electrons. The van der Waals surface area contributed by atoms with E-state index in [1.54, 1.807) is 29.2 Å². The summed E-state index contributed by atoms with van der Waals surface area (Å²) in [6.45, 7) is 4.21. The average molecular weight is 356 g/mol. The first kappa shape index (κ1) is 17.0. The Labute approximate surface area is 150 Å². The third kappa shape index (κ3) is 3.97. The van der Waals surface area contributed by atoms with Crippen molar-refractivity contribution in [2.45, 2.75) is 13.8 Å². The molecule has 0 aliphatic rings. The van der Waals surface area contributed by atoms with E-state index in [0.717, 1.165) is 11.3 Å². The van der Waals surface area contributed by atoms with Gasteiger partial charge < -0.3 is 10.6 Å². The summed E-state index contributed by atoms with van der Waals surface area (Å²) < 4.78 is 1.57. The summed E-state index contributed by atoms with van der Waals surface area (Å²) in [5, 5.41) is 10.7. The number of hydrogen-bond acceptors (Lipinski definition) is 4. The maximum Gasteiger partial charge on any atom is 0.243 e. The van der Waals surface area contributed by atoms with E-state index in [-0.39, 0.29) is 12.5 Å². The quantitative estimate of drug-likeness (QED) is 0.733. The molecular weight excluding hydrogens is 338 g/mol. The molecule has 0 radical (unpaired) electrons. The molecule has 0 unspecified atom stereocenters. The number of amides is 1. The topological polar surface area (TPSA) is 71.8 Å². The minimum Gasteiger partial charge on any atom is -0.376 e. The first-order chi connectivity index (χ1) is 12.0. The molecule has 0 aliphatic carbocycles. The zero-order chi connectivity index (χ0) is 17.8. The van der Waals surface area contributed by atoms with Crippen LogP contribution < -0.4 is 10.6 Å². The fraction of sp³-hybridized carbons (Fsp3) is 0.167. The monoisotopic (exact) mass is 355 g/mol. The molecule has 3 aromatic rings. The van der Waals surface area contributed by atoms with Crippen LogP contribution in [-0.4, -0.2) is 27.2 Å². The van der Waals surface area contributed by atoms with Crippen molar-refractivity contribution in [2.75, 3.05) is 17.2 Å². The zero-order valence-electron chi connectivity index (χ0n) is 14.0. The summed E-state index contributed by atoms with van der Waals surface area (Å²) in [5.74, 6) is -0.176. The zero-order valence-corrected chi connectivity index (χ0v) is 14.7. The lowest BCUT2D eigenvalue weighted by atomic mass is 10.1. The number of carbonyl (C=O) groups is 1. The second-order valence-corrected chi connectivity index (χ2v) is 6.09. The van der Waals surface area contributed by atoms with E-state index in [0.29, 0.717) is 16.4 Å². The van der Waals surface area contributed by atoms with E-state index in [4.69, 9.17) is 11.6 Å². The lowest BCUT2D eigenvalue weighted by molar-refractivity contribution is -0.114. The second-order valence-electron chi connectivity index (χ2n) is 5.65. The Morgan fingerprint density at radius 3 is 2.80 bits per heavy atom. The van der Waals surface area contributed by atoms with Crippen LogP contribution in [0.2, 0.25) is 5.02 Å². The third-order valence-electron chi connectivity index (χ3n) is 3.94. The van der Waals surface area contributed by atoms with Gasteiger partial charge in [0, 0.05) is 10.7 Å². The van der Waals surface area contributed by atoms with Crippen LogP contribution in [0.15, 0.2) is 49.1 Å². The summed E-state index contributed by atoms with van der Waals surface area (Å²) in [4.78, 5) is 16.3. The van der Waals surface area contributed by atoms with Gasteiger partial charge in [0.05, 0.1) is 17.9 Å². The van der Waals surface area contributed by atoms with Gasteiger partial charge in [-0.05, 0) is 49.2 Å². The molecular formula is C18H18ClN5O. The number of rotatable bonds is 5. The molecule has 0 aliphatic heterocycles. The van der Waals surface area contributed by atoms with Gasteiger partial charge in [-0.3, -0.25) is 4.79 Å². The highest BCUT2D eigenvalue weighted by molar-refractivity contribution is 6.31. The second kappa shape index (κ2) is 7.36. The van der Waals surface area contributed by atoms with E-state index < -0.39 is 0 Å². The number of benzene rings is 2. The molecule has 0 fully saturated rings. The van der Waals surface area contributed by atoms with Crippen molar-refractivity contribution in [1.82, 2.24) is 14.8 Å². The van der Waals surface area contributed by atoms with Gasteiger partial charge >= 0.3 is 0 Å². The van der Waals surface area contributed by atoms with Gasteiger partial charge in [-0.1, -0.05) is 23.7 Å². The van der Waals surface area contributed by atoms with E-state index in [2.05, 4.69) is 20.7 Å². The van der Waals surface area contributed by atoms with Gasteiger partial charge in [0.2, 0.25) is 5.91 Å². The van der Waals surface area contributed by atoms with Crippen molar-refractivity contribution in [3.05, 3.63) is 65.2 Å².